The minimum atomic E-state index is -0.576. The van der Waals surface area contributed by atoms with Gasteiger partial charge in [0.2, 0.25) is 5.91 Å². The summed E-state index contributed by atoms with van der Waals surface area (Å²) in [6, 6.07) is 9.05. The van der Waals surface area contributed by atoms with E-state index in [0.717, 1.165) is 5.56 Å². The molecule has 1 aromatic rings. The molecule has 0 N–H and O–H groups in total. The maximum atomic E-state index is 12.6. The largest absolute Gasteiger partial charge is 0.461 e. The third-order valence-electron chi connectivity index (χ3n) is 5.41. The lowest BCUT2D eigenvalue weighted by molar-refractivity contribution is -0.155. The molecule has 1 aliphatic heterocycles. The second-order valence-electron chi connectivity index (χ2n) is 7.09. The molecule has 1 aliphatic carbocycles. The lowest BCUT2D eigenvalue weighted by Gasteiger charge is -2.22. The Labute approximate surface area is 157 Å². The van der Waals surface area contributed by atoms with Crippen molar-refractivity contribution in [3.05, 3.63) is 35.9 Å². The van der Waals surface area contributed by atoms with Crippen molar-refractivity contribution in [3.8, 4) is 0 Å². The first-order valence-electron chi connectivity index (χ1n) is 9.10. The van der Waals surface area contributed by atoms with Crippen LogP contribution in [0.15, 0.2) is 30.3 Å². The minimum absolute atomic E-state index is 0.185. The summed E-state index contributed by atoms with van der Waals surface area (Å²) in [4.78, 5) is 49.6. The van der Waals surface area contributed by atoms with Crippen molar-refractivity contribution in [2.75, 3.05) is 6.61 Å². The fourth-order valence-corrected chi connectivity index (χ4v) is 4.19. The van der Waals surface area contributed by atoms with Crippen LogP contribution in [0, 0.1) is 17.8 Å². The van der Waals surface area contributed by atoms with Crippen LogP contribution in [0.25, 0.3) is 0 Å². The van der Waals surface area contributed by atoms with E-state index in [1.54, 1.807) is 6.92 Å². The number of carbonyl (C=O) groups excluding carboxylic acids is 4. The SMILES string of the molecule is CC(=O)OCC(=O)N1C(=O)[C@H](C)[C@H]2C(C(=O)OCc3ccccc3)CC[C@@H]21. The molecule has 1 saturated carbocycles. The second-order valence-corrected chi connectivity index (χ2v) is 7.09. The maximum absolute atomic E-state index is 12.6. The summed E-state index contributed by atoms with van der Waals surface area (Å²) in [6.07, 6.45) is 1.12. The molecule has 144 valence electrons. The zero-order valence-corrected chi connectivity index (χ0v) is 15.4. The summed E-state index contributed by atoms with van der Waals surface area (Å²) in [6.45, 7) is 2.67. The number of imide groups is 1. The molecule has 3 rings (SSSR count). The number of hydrogen-bond donors (Lipinski definition) is 0. The predicted octanol–water partition coefficient (Wildman–Crippen LogP) is 1.69. The number of likely N-dealkylation sites (tertiary alicyclic amines) is 1. The van der Waals surface area contributed by atoms with Crippen molar-refractivity contribution in [3.63, 3.8) is 0 Å². The fraction of sp³-hybridized carbons (Fsp3) is 0.500. The zero-order valence-electron chi connectivity index (χ0n) is 15.4. The molecule has 4 atom stereocenters. The molecular formula is C20H23NO6. The summed E-state index contributed by atoms with van der Waals surface area (Å²) in [5.74, 6) is -2.89. The standard InChI is InChI=1S/C20H23NO6/c1-12-18-15(20(25)27-10-14-6-4-3-5-7-14)8-9-16(18)21(19(12)24)17(23)11-26-13(2)22/h3-7,12,15-16,18H,8-11H2,1-2H3/t12-,15?,16+,18+/m1/s1. The molecule has 27 heavy (non-hydrogen) atoms. The highest BCUT2D eigenvalue weighted by molar-refractivity contribution is 6.00. The molecule has 0 bridgehead atoms. The average Bonchev–Trinajstić information content (AvgIpc) is 3.18. The lowest BCUT2D eigenvalue weighted by atomic mass is 9.86. The summed E-state index contributed by atoms with van der Waals surface area (Å²) in [5, 5.41) is 0. The van der Waals surface area contributed by atoms with Crippen LogP contribution in [-0.4, -0.2) is 41.3 Å². The van der Waals surface area contributed by atoms with E-state index in [0.29, 0.717) is 12.8 Å². The van der Waals surface area contributed by atoms with Gasteiger partial charge in [-0.2, -0.15) is 0 Å². The van der Waals surface area contributed by atoms with Gasteiger partial charge in [-0.05, 0) is 18.4 Å². The third-order valence-corrected chi connectivity index (χ3v) is 5.41. The number of hydrogen-bond acceptors (Lipinski definition) is 6. The smallest absolute Gasteiger partial charge is 0.309 e. The van der Waals surface area contributed by atoms with E-state index in [4.69, 9.17) is 9.47 Å². The number of benzene rings is 1. The van der Waals surface area contributed by atoms with Crippen LogP contribution in [0.5, 0.6) is 0 Å². The molecule has 2 aliphatic rings. The van der Waals surface area contributed by atoms with Crippen molar-refractivity contribution >= 4 is 23.8 Å². The molecule has 7 nitrogen and oxygen atoms in total. The monoisotopic (exact) mass is 373 g/mol. The van der Waals surface area contributed by atoms with E-state index >= 15 is 0 Å². The van der Waals surface area contributed by atoms with Gasteiger partial charge in [-0.1, -0.05) is 37.3 Å². The first kappa shape index (κ1) is 19.1. The normalized spacial score (nSPS) is 26.6. The predicted molar refractivity (Wildman–Crippen MR) is 93.9 cm³/mol. The Morgan fingerprint density at radius 3 is 2.48 bits per heavy atom. The number of amides is 2. The topological polar surface area (TPSA) is 90.0 Å². The van der Waals surface area contributed by atoms with Gasteiger partial charge in [-0.25, -0.2) is 0 Å². The van der Waals surface area contributed by atoms with Crippen molar-refractivity contribution < 1.29 is 28.7 Å². The van der Waals surface area contributed by atoms with Gasteiger partial charge in [0, 0.05) is 24.8 Å². The van der Waals surface area contributed by atoms with Crippen LogP contribution in [0.1, 0.15) is 32.3 Å². The number of ether oxygens (including phenoxy) is 2. The molecule has 1 aromatic carbocycles. The number of carbonyl (C=O) groups is 4. The fourth-order valence-electron chi connectivity index (χ4n) is 4.19. The first-order valence-corrected chi connectivity index (χ1v) is 9.10. The molecule has 0 radical (unpaired) electrons. The maximum Gasteiger partial charge on any atom is 0.309 e. The summed E-state index contributed by atoms with van der Waals surface area (Å²) in [5.41, 5.74) is 0.897. The number of esters is 2. The Kier molecular flexibility index (Phi) is 5.58. The number of rotatable bonds is 5. The molecule has 1 heterocycles. The third kappa shape index (κ3) is 3.86. The van der Waals surface area contributed by atoms with Crippen LogP contribution in [0.3, 0.4) is 0 Å². The highest BCUT2D eigenvalue weighted by atomic mass is 16.5. The Morgan fingerprint density at radius 2 is 1.81 bits per heavy atom. The van der Waals surface area contributed by atoms with Gasteiger partial charge < -0.3 is 9.47 Å². The molecule has 0 aromatic heterocycles. The van der Waals surface area contributed by atoms with E-state index < -0.39 is 30.3 Å². The van der Waals surface area contributed by atoms with E-state index in [1.165, 1.54) is 11.8 Å². The van der Waals surface area contributed by atoms with Crippen LogP contribution < -0.4 is 0 Å². The minimum Gasteiger partial charge on any atom is -0.461 e. The van der Waals surface area contributed by atoms with Crippen molar-refractivity contribution in [1.82, 2.24) is 4.90 Å². The van der Waals surface area contributed by atoms with Gasteiger partial charge in [0.05, 0.1) is 5.92 Å². The quantitative estimate of drug-likeness (QED) is 0.730. The van der Waals surface area contributed by atoms with Crippen LogP contribution in [0.4, 0.5) is 0 Å². The van der Waals surface area contributed by atoms with Crippen LogP contribution in [0.2, 0.25) is 0 Å². The van der Waals surface area contributed by atoms with E-state index in [1.807, 2.05) is 30.3 Å². The van der Waals surface area contributed by atoms with Crippen molar-refractivity contribution in [2.24, 2.45) is 17.8 Å². The first-order chi connectivity index (χ1) is 12.9. The molecule has 2 fully saturated rings. The van der Waals surface area contributed by atoms with E-state index in [2.05, 4.69) is 0 Å². The molecule has 7 heteroatoms. The Morgan fingerprint density at radius 1 is 1.11 bits per heavy atom. The highest BCUT2D eigenvalue weighted by Crippen LogP contribution is 2.46. The van der Waals surface area contributed by atoms with Gasteiger partial charge in [0.1, 0.15) is 6.61 Å². The van der Waals surface area contributed by atoms with Crippen LogP contribution >= 0.6 is 0 Å². The van der Waals surface area contributed by atoms with Gasteiger partial charge in [0.15, 0.2) is 6.61 Å². The molecule has 1 unspecified atom stereocenters. The zero-order chi connectivity index (χ0) is 19.6. The summed E-state index contributed by atoms with van der Waals surface area (Å²) in [7, 11) is 0. The Balaban J connectivity index is 1.66. The van der Waals surface area contributed by atoms with Gasteiger partial charge in [-0.3, -0.25) is 24.1 Å². The van der Waals surface area contributed by atoms with Gasteiger partial charge in [-0.15, -0.1) is 0 Å². The molecule has 0 spiro atoms. The van der Waals surface area contributed by atoms with E-state index in [-0.39, 0.29) is 30.4 Å². The molecule has 1 saturated heterocycles. The summed E-state index contributed by atoms with van der Waals surface area (Å²) >= 11 is 0. The Hall–Kier alpha value is -2.70. The second kappa shape index (κ2) is 7.90. The lowest BCUT2D eigenvalue weighted by Crippen LogP contribution is -2.41. The highest BCUT2D eigenvalue weighted by Gasteiger charge is 2.56. The molecule has 2 amide bonds. The van der Waals surface area contributed by atoms with E-state index in [9.17, 15) is 19.2 Å². The Bertz CT molecular complexity index is 746. The van der Waals surface area contributed by atoms with Gasteiger partial charge >= 0.3 is 11.9 Å². The average molecular weight is 373 g/mol. The van der Waals surface area contributed by atoms with Crippen molar-refractivity contribution in [1.29, 1.82) is 0 Å². The van der Waals surface area contributed by atoms with Crippen molar-refractivity contribution in [2.45, 2.75) is 39.3 Å². The molecular weight excluding hydrogens is 350 g/mol. The van der Waals surface area contributed by atoms with Gasteiger partial charge in [0.25, 0.3) is 5.91 Å². The summed E-state index contributed by atoms with van der Waals surface area (Å²) < 4.78 is 10.2. The number of fused-ring (bicyclic) bond motifs is 1. The van der Waals surface area contributed by atoms with Crippen LogP contribution in [-0.2, 0) is 35.3 Å². The number of nitrogens with zero attached hydrogens (tertiary/aromatic N) is 1.